The molecule has 0 spiro atoms. The highest BCUT2D eigenvalue weighted by molar-refractivity contribution is 6.31. The molecule has 0 heterocycles. The van der Waals surface area contributed by atoms with Crippen LogP contribution in [-0.2, 0) is 16.1 Å². The average molecular weight is 925 g/mol. The van der Waals surface area contributed by atoms with Crippen molar-refractivity contribution in [2.45, 2.75) is 93.3 Å². The number of benzene rings is 2. The molecule has 0 saturated heterocycles. The molecule has 0 saturated carbocycles. The second kappa shape index (κ2) is 18.0. The fourth-order valence-corrected chi connectivity index (χ4v) is 5.53. The summed E-state index contributed by atoms with van der Waals surface area (Å²) in [4.78, 5) is 28.0. The van der Waals surface area contributed by atoms with E-state index in [1.807, 2.05) is 0 Å². The van der Waals surface area contributed by atoms with Crippen LogP contribution in [0.3, 0.4) is 0 Å². The molecule has 60 heavy (non-hydrogen) atoms. The van der Waals surface area contributed by atoms with Crippen molar-refractivity contribution in [3.63, 3.8) is 0 Å². The third kappa shape index (κ3) is 9.43. The van der Waals surface area contributed by atoms with E-state index in [1.165, 1.54) is 18.2 Å². The van der Waals surface area contributed by atoms with Gasteiger partial charge < -0.3 is 29.6 Å². The summed E-state index contributed by atoms with van der Waals surface area (Å²) in [6, 6.07) is 4.48. The fraction of sp³-hybridized carbons (Fsp3) is 0.588. The van der Waals surface area contributed by atoms with Gasteiger partial charge in [0.25, 0.3) is 5.91 Å². The Balaban J connectivity index is 2.45. The summed E-state index contributed by atoms with van der Waals surface area (Å²) in [5.41, 5.74) is 5.78. The van der Waals surface area contributed by atoms with Gasteiger partial charge in [0.05, 0.1) is 45.6 Å². The number of nitrogens with zero attached hydrogens (tertiary/aromatic N) is 1. The first-order chi connectivity index (χ1) is 27.1. The van der Waals surface area contributed by atoms with Gasteiger partial charge in [0.1, 0.15) is 23.3 Å². The summed E-state index contributed by atoms with van der Waals surface area (Å²) in [6.07, 6.45) is -12.1. The second-order valence-corrected chi connectivity index (χ2v) is 13.7. The maximum absolute atomic E-state index is 14.4. The van der Waals surface area contributed by atoms with Gasteiger partial charge in [-0.1, -0.05) is 25.4 Å². The number of nitrogens with two attached hydrogens (primary N) is 1. The molecule has 0 radical (unpaired) electrons. The number of anilines is 1. The van der Waals surface area contributed by atoms with Crippen molar-refractivity contribution < 1.29 is 103 Å². The van der Waals surface area contributed by atoms with Gasteiger partial charge in [-0.3, -0.25) is 4.79 Å². The van der Waals surface area contributed by atoms with Gasteiger partial charge in [-0.05, 0) is 37.0 Å². The number of alkyl halides is 17. The maximum atomic E-state index is 14.4. The molecular weight excluding hydrogens is 891 g/mol. The van der Waals surface area contributed by atoms with Crippen LogP contribution in [-0.4, -0.2) is 98.4 Å². The topological polar surface area (TPSA) is 100 Å². The molecule has 2 rings (SSSR count). The van der Waals surface area contributed by atoms with E-state index in [4.69, 9.17) is 36.3 Å². The van der Waals surface area contributed by atoms with E-state index in [2.05, 4.69) is 0 Å². The summed E-state index contributed by atoms with van der Waals surface area (Å²) < 4.78 is 252. The Morgan fingerprint density at radius 1 is 0.717 bits per heavy atom. The number of hydrogen-bond donors (Lipinski definition) is 1. The minimum absolute atomic E-state index is 0.0180. The first-order valence-corrected chi connectivity index (χ1v) is 17.0. The SMILES string of the molecule is COC(=O)C(CC(C)C)N(Cc1c(OC)cc(OCCCC(F)(F)C(F)(F)C(F)(F)C(F)(F)C(F)(F)C(F)(F)C(F)(F)C(F)(F)F)cc1OC)C(=O)c1ccc(Cl)cc1N. The van der Waals surface area contributed by atoms with E-state index >= 15 is 0 Å². The highest BCUT2D eigenvalue weighted by Gasteiger charge is 2.95. The number of carbonyl (C=O) groups is 2. The van der Waals surface area contributed by atoms with Crippen LogP contribution in [0.2, 0.25) is 5.02 Å². The standard InChI is InChI=1S/C34H34ClF17N2O6/c1-16(2)11-22(26(56)59-5)54(25(55)19-8-7-17(35)12-21(19)53)15-20-23(57-3)13-18(14-24(20)58-4)60-10-6-9-27(36,37)28(38,39)29(40,41)30(42,43)31(44,45)32(46,47)33(48,49)34(50,51)52/h7-8,12-14,16,22H,6,9-11,15,53H2,1-5H3. The molecule has 2 aromatic carbocycles. The first-order valence-electron chi connectivity index (χ1n) is 16.6. The normalized spacial score (nSPS) is 14.2. The largest absolute Gasteiger partial charge is 0.496 e. The van der Waals surface area contributed by atoms with E-state index in [0.29, 0.717) is 0 Å². The van der Waals surface area contributed by atoms with Crippen LogP contribution in [0.4, 0.5) is 80.3 Å². The highest BCUT2D eigenvalue weighted by atomic mass is 35.5. The third-order valence-corrected chi connectivity index (χ3v) is 8.88. The Kier molecular flexibility index (Phi) is 15.5. The van der Waals surface area contributed by atoms with Gasteiger partial charge in [-0.25, -0.2) is 4.79 Å². The van der Waals surface area contributed by atoms with Crippen LogP contribution >= 0.6 is 11.6 Å². The molecule has 1 unspecified atom stereocenters. The number of ether oxygens (including phenoxy) is 4. The van der Waals surface area contributed by atoms with Crippen LogP contribution in [0.1, 0.15) is 49.0 Å². The molecule has 2 N–H and O–H groups in total. The minimum Gasteiger partial charge on any atom is -0.496 e. The summed E-state index contributed by atoms with van der Waals surface area (Å²) in [7, 11) is 3.16. The van der Waals surface area contributed by atoms with E-state index in [1.54, 1.807) is 13.8 Å². The quantitative estimate of drug-likeness (QED) is 0.0611. The van der Waals surface area contributed by atoms with Crippen LogP contribution in [0, 0.1) is 5.92 Å². The van der Waals surface area contributed by atoms with Crippen LogP contribution in [0.15, 0.2) is 30.3 Å². The Morgan fingerprint density at radius 3 is 1.60 bits per heavy atom. The number of amides is 1. The lowest BCUT2D eigenvalue weighted by Crippen LogP contribution is -2.74. The molecule has 0 aliphatic heterocycles. The Labute approximate surface area is 334 Å². The molecule has 26 heteroatoms. The summed E-state index contributed by atoms with van der Waals surface area (Å²) in [5, 5.41) is 0.156. The van der Waals surface area contributed by atoms with E-state index in [0.717, 1.165) is 38.4 Å². The predicted molar refractivity (Wildman–Crippen MR) is 176 cm³/mol. The monoisotopic (exact) mass is 924 g/mol. The number of methoxy groups -OCH3 is 3. The zero-order valence-electron chi connectivity index (χ0n) is 31.4. The lowest BCUT2D eigenvalue weighted by Gasteiger charge is -2.42. The smallest absolute Gasteiger partial charge is 0.460 e. The van der Waals surface area contributed by atoms with Gasteiger partial charge >= 0.3 is 53.6 Å². The number of rotatable bonds is 20. The Morgan fingerprint density at radius 2 is 1.18 bits per heavy atom. The van der Waals surface area contributed by atoms with Gasteiger partial charge in [0.15, 0.2) is 0 Å². The number of hydrogen-bond acceptors (Lipinski definition) is 7. The van der Waals surface area contributed by atoms with Crippen molar-refractivity contribution in [2.24, 2.45) is 5.92 Å². The van der Waals surface area contributed by atoms with Crippen molar-refractivity contribution in [2.75, 3.05) is 33.7 Å². The molecule has 0 aliphatic rings. The van der Waals surface area contributed by atoms with Gasteiger partial charge in [0.2, 0.25) is 0 Å². The molecule has 8 nitrogen and oxygen atoms in total. The van der Waals surface area contributed by atoms with Crippen LogP contribution < -0.4 is 19.9 Å². The fourth-order valence-electron chi connectivity index (χ4n) is 5.35. The summed E-state index contributed by atoms with van der Waals surface area (Å²) >= 11 is 5.95. The van der Waals surface area contributed by atoms with E-state index in [-0.39, 0.29) is 45.7 Å². The molecule has 0 aromatic heterocycles. The van der Waals surface area contributed by atoms with Crippen molar-refractivity contribution in [1.82, 2.24) is 4.90 Å². The lowest BCUT2D eigenvalue weighted by molar-refractivity contribution is -0.461. The second-order valence-electron chi connectivity index (χ2n) is 13.2. The maximum Gasteiger partial charge on any atom is 0.460 e. The molecule has 342 valence electrons. The number of nitrogen functional groups attached to an aromatic ring is 1. The van der Waals surface area contributed by atoms with Crippen LogP contribution in [0.5, 0.6) is 17.2 Å². The lowest BCUT2D eigenvalue weighted by atomic mass is 9.88. The molecule has 0 aliphatic carbocycles. The van der Waals surface area contributed by atoms with E-state index < -0.39 is 97.3 Å². The van der Waals surface area contributed by atoms with Crippen LogP contribution in [0.25, 0.3) is 0 Å². The van der Waals surface area contributed by atoms with E-state index in [9.17, 15) is 84.2 Å². The van der Waals surface area contributed by atoms with Gasteiger partial charge in [-0.2, -0.15) is 74.6 Å². The first kappa shape index (κ1) is 51.8. The molecule has 0 bridgehead atoms. The van der Waals surface area contributed by atoms with Gasteiger partial charge in [-0.15, -0.1) is 0 Å². The van der Waals surface area contributed by atoms with Gasteiger partial charge in [0, 0.05) is 29.3 Å². The molecule has 1 atom stereocenters. The predicted octanol–water partition coefficient (Wildman–Crippen LogP) is 10.3. The number of halogens is 18. The van der Waals surface area contributed by atoms with Crippen molar-refractivity contribution in [1.29, 1.82) is 0 Å². The molecule has 0 fully saturated rings. The molecule has 2 aromatic rings. The molecule has 1 amide bonds. The third-order valence-electron chi connectivity index (χ3n) is 8.65. The summed E-state index contributed by atoms with van der Waals surface area (Å²) in [5.74, 6) is -59.9. The zero-order valence-corrected chi connectivity index (χ0v) is 32.1. The average Bonchev–Trinajstić information content (AvgIpc) is 3.13. The van der Waals surface area contributed by atoms with Crippen molar-refractivity contribution in [3.8, 4) is 17.2 Å². The highest BCUT2D eigenvalue weighted by Crippen LogP contribution is 2.64. The zero-order chi connectivity index (χ0) is 46.8. The summed E-state index contributed by atoms with van der Waals surface area (Å²) in [6.45, 7) is 1.66. The molecular formula is C34H34ClF17N2O6. The Hall–Kier alpha value is -4.32. The minimum atomic E-state index is -8.72. The number of esters is 1. The van der Waals surface area contributed by atoms with Crippen molar-refractivity contribution in [3.05, 3.63) is 46.5 Å². The Bertz CT molecular complexity index is 1820. The van der Waals surface area contributed by atoms with Crippen molar-refractivity contribution >= 4 is 29.2 Å². The number of carbonyl (C=O) groups excluding carboxylic acids is 2.